The number of hydrogen-bond donors (Lipinski definition) is 3. The molecule has 0 radical (unpaired) electrons. The second-order valence-corrected chi connectivity index (χ2v) is 5.83. The molecule has 1 fully saturated rings. The molecule has 0 spiro atoms. The van der Waals surface area contributed by atoms with Gasteiger partial charge in [0.2, 0.25) is 0 Å². The summed E-state index contributed by atoms with van der Waals surface area (Å²) in [6.45, 7) is 1.31. The molecule has 0 aliphatic carbocycles. The summed E-state index contributed by atoms with van der Waals surface area (Å²) in [5.74, 6) is 0. The first-order chi connectivity index (χ1) is 11.1. The summed E-state index contributed by atoms with van der Waals surface area (Å²) in [5, 5.41) is 8.32. The van der Waals surface area contributed by atoms with Gasteiger partial charge < -0.3 is 16.0 Å². The van der Waals surface area contributed by atoms with E-state index in [1.54, 1.807) is 0 Å². The Labute approximate surface area is 139 Å². The standard InChI is InChI=1S/C14H15F6N3S/c15-13(16,17)8-4-9(14(18,19)20)6-11(5-8)23-12(24)22-7-10-2-1-3-21-10/h4-6,10,21H,1-3,7H2,(H2,22,23,24). The van der Waals surface area contributed by atoms with Gasteiger partial charge >= 0.3 is 12.4 Å². The van der Waals surface area contributed by atoms with Crippen molar-refractivity contribution in [1.29, 1.82) is 0 Å². The van der Waals surface area contributed by atoms with Crippen molar-refractivity contribution in [1.82, 2.24) is 10.6 Å². The Hall–Kier alpha value is -1.55. The summed E-state index contributed by atoms with van der Waals surface area (Å²) < 4.78 is 76.6. The molecule has 1 unspecified atom stereocenters. The van der Waals surface area contributed by atoms with E-state index in [1.165, 1.54) is 0 Å². The molecule has 3 N–H and O–H groups in total. The normalized spacial score (nSPS) is 18.5. The van der Waals surface area contributed by atoms with Crippen LogP contribution in [0.5, 0.6) is 0 Å². The molecule has 1 saturated heterocycles. The molecule has 24 heavy (non-hydrogen) atoms. The molecule has 1 aliphatic heterocycles. The minimum absolute atomic E-state index is 0.0313. The smallest absolute Gasteiger partial charge is 0.361 e. The molecule has 1 aromatic carbocycles. The van der Waals surface area contributed by atoms with Crippen LogP contribution in [0.25, 0.3) is 0 Å². The van der Waals surface area contributed by atoms with Crippen LogP contribution in [0.15, 0.2) is 18.2 Å². The van der Waals surface area contributed by atoms with E-state index < -0.39 is 23.5 Å². The Morgan fingerprint density at radius 2 is 1.67 bits per heavy atom. The van der Waals surface area contributed by atoms with Gasteiger partial charge in [0, 0.05) is 18.3 Å². The first kappa shape index (κ1) is 18.8. The van der Waals surface area contributed by atoms with Gasteiger partial charge in [0.1, 0.15) is 0 Å². The van der Waals surface area contributed by atoms with Crippen LogP contribution in [0, 0.1) is 0 Å². The van der Waals surface area contributed by atoms with Gasteiger partial charge in [0.25, 0.3) is 0 Å². The van der Waals surface area contributed by atoms with Gasteiger partial charge in [-0.3, -0.25) is 0 Å². The monoisotopic (exact) mass is 371 g/mol. The molecule has 10 heteroatoms. The maximum Gasteiger partial charge on any atom is 0.416 e. The third kappa shape index (κ3) is 5.23. The van der Waals surface area contributed by atoms with Crippen LogP contribution >= 0.6 is 12.2 Å². The Morgan fingerprint density at radius 1 is 1.08 bits per heavy atom. The lowest BCUT2D eigenvalue weighted by molar-refractivity contribution is -0.143. The number of alkyl halides is 6. The van der Waals surface area contributed by atoms with Crippen molar-refractivity contribution < 1.29 is 26.3 Å². The van der Waals surface area contributed by atoms with Gasteiger partial charge in [0.15, 0.2) is 5.11 Å². The number of hydrogen-bond acceptors (Lipinski definition) is 2. The summed E-state index contributed by atoms with van der Waals surface area (Å²) in [6, 6.07) is 1.44. The van der Waals surface area contributed by atoms with E-state index in [4.69, 9.17) is 12.2 Å². The maximum atomic E-state index is 12.8. The molecule has 1 atom stereocenters. The van der Waals surface area contributed by atoms with E-state index in [1.807, 2.05) is 0 Å². The lowest BCUT2D eigenvalue weighted by Gasteiger charge is -2.17. The summed E-state index contributed by atoms with van der Waals surface area (Å²) >= 11 is 4.93. The van der Waals surface area contributed by atoms with E-state index in [0.717, 1.165) is 19.4 Å². The molecule has 1 aliphatic rings. The lowest BCUT2D eigenvalue weighted by Crippen LogP contribution is -2.39. The zero-order chi connectivity index (χ0) is 18.0. The number of rotatable bonds is 3. The second kappa shape index (κ2) is 7.14. The fourth-order valence-electron chi connectivity index (χ4n) is 2.35. The summed E-state index contributed by atoms with van der Waals surface area (Å²) in [7, 11) is 0. The largest absolute Gasteiger partial charge is 0.416 e. The minimum atomic E-state index is -4.89. The van der Waals surface area contributed by atoms with Crippen molar-refractivity contribution in [2.75, 3.05) is 18.4 Å². The number of anilines is 1. The number of benzene rings is 1. The van der Waals surface area contributed by atoms with Crippen LogP contribution in [0.3, 0.4) is 0 Å². The number of nitrogens with one attached hydrogen (secondary N) is 3. The quantitative estimate of drug-likeness (QED) is 0.559. The third-order valence-electron chi connectivity index (χ3n) is 3.52. The van der Waals surface area contributed by atoms with Crippen LogP contribution in [-0.4, -0.2) is 24.2 Å². The zero-order valence-electron chi connectivity index (χ0n) is 12.3. The summed E-state index contributed by atoms with van der Waals surface area (Å²) in [4.78, 5) is 0. The molecule has 134 valence electrons. The Balaban J connectivity index is 2.11. The van der Waals surface area contributed by atoms with E-state index in [9.17, 15) is 26.3 Å². The fourth-order valence-corrected chi connectivity index (χ4v) is 2.55. The van der Waals surface area contributed by atoms with E-state index in [2.05, 4.69) is 16.0 Å². The van der Waals surface area contributed by atoms with Crippen LogP contribution in [-0.2, 0) is 12.4 Å². The predicted octanol–water partition coefficient (Wildman–Crippen LogP) is 3.76. The topological polar surface area (TPSA) is 36.1 Å². The van der Waals surface area contributed by atoms with Crippen molar-refractivity contribution in [3.05, 3.63) is 29.3 Å². The highest BCUT2D eigenvalue weighted by molar-refractivity contribution is 7.80. The minimum Gasteiger partial charge on any atom is -0.361 e. The average molecular weight is 371 g/mol. The van der Waals surface area contributed by atoms with Crippen molar-refractivity contribution in [2.24, 2.45) is 0 Å². The van der Waals surface area contributed by atoms with Gasteiger partial charge in [-0.15, -0.1) is 0 Å². The first-order valence-electron chi connectivity index (χ1n) is 7.13. The van der Waals surface area contributed by atoms with Gasteiger partial charge in [-0.05, 0) is 49.8 Å². The number of halogens is 6. The molecule has 0 aromatic heterocycles. The molecule has 0 saturated carbocycles. The number of thiocarbonyl (C=S) groups is 1. The highest BCUT2D eigenvalue weighted by atomic mass is 32.1. The van der Waals surface area contributed by atoms with Crippen LogP contribution in [0.4, 0.5) is 32.0 Å². The van der Waals surface area contributed by atoms with Crippen LogP contribution in [0.1, 0.15) is 24.0 Å². The van der Waals surface area contributed by atoms with Gasteiger partial charge in [-0.2, -0.15) is 26.3 Å². The van der Waals surface area contributed by atoms with Crippen LogP contribution < -0.4 is 16.0 Å². The SMILES string of the molecule is FC(F)(F)c1cc(NC(=S)NCC2CCCN2)cc(C(F)(F)F)c1. The molecule has 1 aromatic rings. The lowest BCUT2D eigenvalue weighted by atomic mass is 10.1. The van der Waals surface area contributed by atoms with Gasteiger partial charge in [-0.1, -0.05) is 0 Å². The molecule has 1 heterocycles. The van der Waals surface area contributed by atoms with E-state index in [-0.39, 0.29) is 22.9 Å². The van der Waals surface area contributed by atoms with Crippen molar-refractivity contribution in [3.63, 3.8) is 0 Å². The predicted molar refractivity (Wildman–Crippen MR) is 81.7 cm³/mol. The Kier molecular flexibility index (Phi) is 5.59. The fraction of sp³-hybridized carbons (Fsp3) is 0.500. The van der Waals surface area contributed by atoms with E-state index in [0.29, 0.717) is 18.7 Å². The van der Waals surface area contributed by atoms with Gasteiger partial charge in [0.05, 0.1) is 11.1 Å². The van der Waals surface area contributed by atoms with Crippen molar-refractivity contribution >= 4 is 23.0 Å². The van der Waals surface area contributed by atoms with Crippen LogP contribution in [0.2, 0.25) is 0 Å². The van der Waals surface area contributed by atoms with E-state index >= 15 is 0 Å². The maximum absolute atomic E-state index is 12.8. The molecule has 2 rings (SSSR count). The zero-order valence-corrected chi connectivity index (χ0v) is 13.1. The Morgan fingerprint density at radius 3 is 2.12 bits per heavy atom. The highest BCUT2D eigenvalue weighted by Crippen LogP contribution is 2.37. The molecule has 0 bridgehead atoms. The van der Waals surface area contributed by atoms with Gasteiger partial charge in [-0.25, -0.2) is 0 Å². The van der Waals surface area contributed by atoms with Crippen molar-refractivity contribution in [3.8, 4) is 0 Å². The summed E-state index contributed by atoms with van der Waals surface area (Å²) in [6.07, 6.45) is -7.84. The average Bonchev–Trinajstić information content (AvgIpc) is 2.96. The highest BCUT2D eigenvalue weighted by Gasteiger charge is 2.37. The molecule has 3 nitrogen and oxygen atoms in total. The second-order valence-electron chi connectivity index (χ2n) is 5.42. The molecular formula is C14H15F6N3S. The molecular weight excluding hydrogens is 356 g/mol. The molecule has 0 amide bonds. The Bertz CT molecular complexity index is 561. The van der Waals surface area contributed by atoms with Crippen molar-refractivity contribution in [2.45, 2.75) is 31.2 Å². The first-order valence-corrected chi connectivity index (χ1v) is 7.54. The summed E-state index contributed by atoms with van der Waals surface area (Å²) in [5.41, 5.74) is -3.14. The third-order valence-corrected chi connectivity index (χ3v) is 3.76.